The zero-order valence-corrected chi connectivity index (χ0v) is 14.9. The molecule has 27 heavy (non-hydrogen) atoms. The number of para-hydroxylation sites is 2. The largest absolute Gasteiger partial charge is 0.494 e. The maximum Gasteiger partial charge on any atom is 0.292 e. The second kappa shape index (κ2) is 9.91. The van der Waals surface area contributed by atoms with Gasteiger partial charge in [0.15, 0.2) is 0 Å². The minimum absolute atomic E-state index is 0.0411. The van der Waals surface area contributed by atoms with Crippen LogP contribution in [-0.2, 0) is 9.59 Å². The van der Waals surface area contributed by atoms with Crippen molar-refractivity contribution in [1.29, 1.82) is 0 Å². The molecular formula is C19H21N3O5. The van der Waals surface area contributed by atoms with E-state index >= 15 is 0 Å². The van der Waals surface area contributed by atoms with Gasteiger partial charge in [0.1, 0.15) is 11.4 Å². The molecular weight excluding hydrogens is 350 g/mol. The van der Waals surface area contributed by atoms with Crippen LogP contribution in [0.3, 0.4) is 0 Å². The van der Waals surface area contributed by atoms with Gasteiger partial charge in [-0.2, -0.15) is 0 Å². The molecule has 0 unspecified atom stereocenters. The van der Waals surface area contributed by atoms with Crippen molar-refractivity contribution in [3.63, 3.8) is 0 Å². The van der Waals surface area contributed by atoms with Crippen LogP contribution in [0.4, 0.5) is 17.1 Å². The van der Waals surface area contributed by atoms with Gasteiger partial charge in [-0.25, -0.2) is 0 Å². The monoisotopic (exact) mass is 371 g/mol. The topological polar surface area (TPSA) is 111 Å². The number of carbonyl (C=O) groups excluding carboxylic acids is 2. The van der Waals surface area contributed by atoms with Crippen molar-refractivity contribution in [2.24, 2.45) is 0 Å². The predicted molar refractivity (Wildman–Crippen MR) is 102 cm³/mol. The van der Waals surface area contributed by atoms with Crippen LogP contribution in [0.25, 0.3) is 0 Å². The Bertz CT molecular complexity index is 805. The van der Waals surface area contributed by atoms with E-state index in [9.17, 15) is 19.7 Å². The molecule has 142 valence electrons. The number of benzene rings is 2. The average molecular weight is 371 g/mol. The minimum Gasteiger partial charge on any atom is -0.494 e. The second-order valence-corrected chi connectivity index (χ2v) is 5.74. The Morgan fingerprint density at radius 2 is 1.63 bits per heavy atom. The lowest BCUT2D eigenvalue weighted by molar-refractivity contribution is -0.383. The second-order valence-electron chi connectivity index (χ2n) is 5.74. The van der Waals surface area contributed by atoms with Crippen molar-refractivity contribution in [3.8, 4) is 5.75 Å². The fourth-order valence-electron chi connectivity index (χ4n) is 2.26. The van der Waals surface area contributed by atoms with Gasteiger partial charge in [0, 0.05) is 24.6 Å². The molecule has 2 N–H and O–H groups in total. The molecule has 2 aromatic rings. The quantitative estimate of drug-likeness (QED) is 0.515. The van der Waals surface area contributed by atoms with Crippen LogP contribution < -0.4 is 15.4 Å². The van der Waals surface area contributed by atoms with Crippen LogP contribution in [-0.4, -0.2) is 23.3 Å². The summed E-state index contributed by atoms with van der Waals surface area (Å²) < 4.78 is 5.46. The zero-order valence-electron chi connectivity index (χ0n) is 14.9. The summed E-state index contributed by atoms with van der Waals surface area (Å²) in [5.74, 6) is -0.0728. The number of rotatable bonds is 9. The molecule has 0 aliphatic carbocycles. The summed E-state index contributed by atoms with van der Waals surface area (Å²) in [5, 5.41) is 16.1. The Morgan fingerprint density at radius 3 is 2.26 bits per heavy atom. The van der Waals surface area contributed by atoms with E-state index in [1.54, 1.807) is 30.3 Å². The lowest BCUT2D eigenvalue weighted by Gasteiger charge is -2.08. The molecule has 8 heteroatoms. The number of nitro benzene ring substituents is 1. The standard InChI is InChI=1S/C19H21N3O5/c1-2-13-27-15-9-7-14(8-10-15)20-18(23)11-12-19(24)21-16-5-3-4-6-17(16)22(25)26/h3-10H,2,11-13H2,1H3,(H,20,23)(H,21,24). The average Bonchev–Trinajstić information content (AvgIpc) is 2.66. The molecule has 0 spiro atoms. The molecule has 0 aromatic heterocycles. The van der Waals surface area contributed by atoms with Crippen LogP contribution in [0.15, 0.2) is 48.5 Å². The van der Waals surface area contributed by atoms with Crippen LogP contribution >= 0.6 is 0 Å². The van der Waals surface area contributed by atoms with Crippen molar-refractivity contribution in [1.82, 2.24) is 0 Å². The normalized spacial score (nSPS) is 10.1. The van der Waals surface area contributed by atoms with E-state index in [4.69, 9.17) is 4.74 Å². The van der Waals surface area contributed by atoms with Crippen molar-refractivity contribution in [2.75, 3.05) is 17.2 Å². The molecule has 0 saturated heterocycles. The Kier molecular flexibility index (Phi) is 7.30. The first-order chi connectivity index (χ1) is 13.0. The van der Waals surface area contributed by atoms with Crippen LogP contribution in [0.1, 0.15) is 26.2 Å². The summed E-state index contributed by atoms with van der Waals surface area (Å²) in [7, 11) is 0. The third-order valence-electron chi connectivity index (χ3n) is 3.56. The molecule has 8 nitrogen and oxygen atoms in total. The summed E-state index contributed by atoms with van der Waals surface area (Å²) in [6, 6.07) is 12.8. The van der Waals surface area contributed by atoms with Gasteiger partial charge in [-0.1, -0.05) is 19.1 Å². The molecule has 2 rings (SSSR count). The summed E-state index contributed by atoms with van der Waals surface area (Å²) in [6.45, 7) is 2.64. The van der Waals surface area contributed by atoms with Gasteiger partial charge in [-0.15, -0.1) is 0 Å². The molecule has 0 bridgehead atoms. The van der Waals surface area contributed by atoms with Crippen LogP contribution in [0.5, 0.6) is 5.75 Å². The van der Waals surface area contributed by atoms with Crippen molar-refractivity contribution in [3.05, 3.63) is 58.6 Å². The Hall–Kier alpha value is -3.42. The molecule has 0 aliphatic heterocycles. The van der Waals surface area contributed by atoms with Gasteiger partial charge in [-0.3, -0.25) is 19.7 Å². The zero-order chi connectivity index (χ0) is 19.6. The van der Waals surface area contributed by atoms with E-state index in [1.165, 1.54) is 18.2 Å². The van der Waals surface area contributed by atoms with E-state index in [1.807, 2.05) is 6.92 Å². The highest BCUT2D eigenvalue weighted by molar-refractivity contribution is 5.97. The number of anilines is 2. The SMILES string of the molecule is CCCOc1ccc(NC(=O)CCC(=O)Nc2ccccc2[N+](=O)[O-])cc1. The highest BCUT2D eigenvalue weighted by atomic mass is 16.6. The number of nitrogens with zero attached hydrogens (tertiary/aromatic N) is 1. The van der Waals surface area contributed by atoms with E-state index in [2.05, 4.69) is 10.6 Å². The molecule has 0 atom stereocenters. The van der Waals surface area contributed by atoms with Crippen molar-refractivity contribution in [2.45, 2.75) is 26.2 Å². The molecule has 2 amide bonds. The smallest absolute Gasteiger partial charge is 0.292 e. The van der Waals surface area contributed by atoms with Crippen molar-refractivity contribution < 1.29 is 19.2 Å². The first-order valence-corrected chi connectivity index (χ1v) is 8.55. The Balaban J connectivity index is 1.81. The fraction of sp³-hybridized carbons (Fsp3) is 0.263. The highest BCUT2D eigenvalue weighted by Gasteiger charge is 2.15. The summed E-state index contributed by atoms with van der Waals surface area (Å²) in [6.07, 6.45) is 0.781. The minimum atomic E-state index is -0.573. The molecule has 0 saturated carbocycles. The molecule has 0 aliphatic rings. The molecule has 0 radical (unpaired) electrons. The van der Waals surface area contributed by atoms with E-state index in [-0.39, 0.29) is 30.1 Å². The van der Waals surface area contributed by atoms with E-state index in [0.29, 0.717) is 12.3 Å². The number of carbonyl (C=O) groups is 2. The number of nitro groups is 1. The third-order valence-corrected chi connectivity index (χ3v) is 3.56. The van der Waals surface area contributed by atoms with Gasteiger partial charge in [0.2, 0.25) is 11.8 Å². The maximum absolute atomic E-state index is 12.0. The number of amides is 2. The van der Waals surface area contributed by atoms with Crippen LogP contribution in [0.2, 0.25) is 0 Å². The van der Waals surface area contributed by atoms with E-state index < -0.39 is 10.8 Å². The lowest BCUT2D eigenvalue weighted by atomic mass is 10.2. The Labute approximate surface area is 156 Å². The number of hydrogen-bond acceptors (Lipinski definition) is 5. The van der Waals surface area contributed by atoms with Gasteiger partial charge < -0.3 is 15.4 Å². The summed E-state index contributed by atoms with van der Waals surface area (Å²) in [5.41, 5.74) is 0.513. The molecule has 0 heterocycles. The lowest BCUT2D eigenvalue weighted by Crippen LogP contribution is -2.17. The first-order valence-electron chi connectivity index (χ1n) is 8.55. The first kappa shape index (κ1) is 19.9. The van der Waals surface area contributed by atoms with E-state index in [0.717, 1.165) is 12.2 Å². The molecule has 0 fully saturated rings. The Morgan fingerprint density at radius 1 is 1.00 bits per heavy atom. The summed E-state index contributed by atoms with van der Waals surface area (Å²) >= 11 is 0. The number of nitrogens with one attached hydrogen (secondary N) is 2. The van der Waals surface area contributed by atoms with Gasteiger partial charge in [0.05, 0.1) is 11.5 Å². The maximum atomic E-state index is 12.0. The number of ether oxygens (including phenoxy) is 1. The number of hydrogen-bond donors (Lipinski definition) is 2. The summed E-state index contributed by atoms with van der Waals surface area (Å²) in [4.78, 5) is 34.3. The van der Waals surface area contributed by atoms with Crippen LogP contribution in [0, 0.1) is 10.1 Å². The highest BCUT2D eigenvalue weighted by Crippen LogP contribution is 2.23. The van der Waals surface area contributed by atoms with Crippen molar-refractivity contribution >= 4 is 28.9 Å². The van der Waals surface area contributed by atoms with Gasteiger partial charge in [0.25, 0.3) is 5.69 Å². The van der Waals surface area contributed by atoms with Gasteiger partial charge >= 0.3 is 0 Å². The molecule has 2 aromatic carbocycles. The predicted octanol–water partition coefficient (Wildman–Crippen LogP) is 3.74. The fourth-order valence-corrected chi connectivity index (χ4v) is 2.26. The third kappa shape index (κ3) is 6.43. The van der Waals surface area contributed by atoms with Gasteiger partial charge in [-0.05, 0) is 36.8 Å².